The monoisotopic (exact) mass is 475 g/mol. The number of carbonyl (C=O) groups is 3. The molecule has 0 saturated carbocycles. The number of carbonyl (C=O) groups excluding carboxylic acids is 2. The minimum atomic E-state index is -1.83. The third-order valence-electron chi connectivity index (χ3n) is 3.84. The number of hydrogen-bond acceptors (Lipinski definition) is 9. The zero-order chi connectivity index (χ0) is 22.3. The van der Waals surface area contributed by atoms with Gasteiger partial charge in [0.05, 0.1) is 27.6 Å². The fraction of sp³-hybridized carbons (Fsp3) is 0.412. The van der Waals surface area contributed by atoms with Crippen LogP contribution < -0.4 is 5.73 Å². The van der Waals surface area contributed by atoms with Gasteiger partial charge >= 0.3 is 11.9 Å². The normalized spacial score (nSPS) is 12.9. The Bertz CT molecular complexity index is 905. The molecular weight excluding hydrogens is 457 g/mol. The summed E-state index contributed by atoms with van der Waals surface area (Å²) in [4.78, 5) is 37.3. The van der Waals surface area contributed by atoms with Crippen LogP contribution in [-0.4, -0.2) is 55.7 Å². The van der Waals surface area contributed by atoms with Gasteiger partial charge in [-0.15, -0.1) is 10.2 Å². The van der Waals surface area contributed by atoms with Gasteiger partial charge in [0.25, 0.3) is 0 Å². The molecule has 1 aromatic carbocycles. The van der Waals surface area contributed by atoms with Gasteiger partial charge in [0, 0.05) is 0 Å². The molecule has 0 aliphatic carbocycles. The van der Waals surface area contributed by atoms with Gasteiger partial charge in [0.15, 0.2) is 11.7 Å². The molecule has 2 rings (SSSR count). The number of Topliss-reactive ketones (excluding diaryl/α,β-unsaturated/α-hetero) is 1. The minimum absolute atomic E-state index is 0.0514. The quantitative estimate of drug-likeness (QED) is 0.280. The van der Waals surface area contributed by atoms with Crippen molar-refractivity contribution in [1.82, 2.24) is 20.2 Å². The molecule has 162 valence electrons. The van der Waals surface area contributed by atoms with Gasteiger partial charge in [0.2, 0.25) is 5.16 Å². The van der Waals surface area contributed by atoms with Crippen LogP contribution in [0.5, 0.6) is 0 Å². The van der Waals surface area contributed by atoms with E-state index in [1.807, 2.05) is 6.92 Å². The summed E-state index contributed by atoms with van der Waals surface area (Å²) in [6.45, 7) is 1.46. The number of hydrogen-bond donors (Lipinski definition) is 2. The van der Waals surface area contributed by atoms with Gasteiger partial charge in [-0.25, -0.2) is 0 Å². The molecule has 1 heterocycles. The molecule has 0 spiro atoms. The van der Waals surface area contributed by atoms with Crippen molar-refractivity contribution in [3.8, 4) is 0 Å². The van der Waals surface area contributed by atoms with E-state index >= 15 is 0 Å². The molecule has 0 amide bonds. The number of carboxylic acid groups (broad SMARTS) is 1. The summed E-state index contributed by atoms with van der Waals surface area (Å²) in [7, 11) is 0. The van der Waals surface area contributed by atoms with Crippen LogP contribution in [0.25, 0.3) is 0 Å². The first kappa shape index (κ1) is 24.1. The summed E-state index contributed by atoms with van der Waals surface area (Å²) < 4.78 is 4.89. The molecule has 10 nitrogen and oxygen atoms in total. The van der Waals surface area contributed by atoms with Crippen LogP contribution in [0.3, 0.4) is 0 Å². The number of rotatable bonds is 11. The molecule has 13 heteroatoms. The van der Waals surface area contributed by atoms with Crippen molar-refractivity contribution < 1.29 is 24.2 Å². The van der Waals surface area contributed by atoms with Crippen LogP contribution in [0.1, 0.15) is 19.8 Å². The number of carboxylic acids is 1. The predicted molar refractivity (Wildman–Crippen MR) is 108 cm³/mol. The Kier molecular flexibility index (Phi) is 9.03. The zero-order valence-corrected chi connectivity index (χ0v) is 18.2. The molecule has 0 fully saturated rings. The minimum Gasteiger partial charge on any atom is -0.481 e. The topological polar surface area (TPSA) is 150 Å². The van der Waals surface area contributed by atoms with Crippen molar-refractivity contribution >= 4 is 52.7 Å². The lowest BCUT2D eigenvalue weighted by Crippen LogP contribution is -2.48. The fourth-order valence-corrected chi connectivity index (χ4v) is 3.60. The highest BCUT2D eigenvalue weighted by atomic mass is 35.5. The van der Waals surface area contributed by atoms with Gasteiger partial charge in [0.1, 0.15) is 6.54 Å². The SMILES string of the molecule is CCCCOC(=O)C(C(=O)O)C(N)C(=O)Cn1nnc(Sc2c(Cl)cccc2Cl)n1. The van der Waals surface area contributed by atoms with E-state index in [4.69, 9.17) is 33.7 Å². The second kappa shape index (κ2) is 11.3. The van der Waals surface area contributed by atoms with E-state index in [1.165, 1.54) is 0 Å². The summed E-state index contributed by atoms with van der Waals surface area (Å²) in [6.07, 6.45) is 1.33. The largest absolute Gasteiger partial charge is 0.481 e. The van der Waals surface area contributed by atoms with E-state index in [2.05, 4.69) is 15.4 Å². The Hall–Kier alpha value is -2.21. The van der Waals surface area contributed by atoms with E-state index in [0.717, 1.165) is 23.0 Å². The highest BCUT2D eigenvalue weighted by Gasteiger charge is 2.38. The van der Waals surface area contributed by atoms with Gasteiger partial charge in [-0.3, -0.25) is 14.4 Å². The molecular formula is C17H19Cl2N5O5S. The van der Waals surface area contributed by atoms with Crippen molar-refractivity contribution in [2.45, 2.75) is 42.4 Å². The van der Waals surface area contributed by atoms with Gasteiger partial charge in [-0.1, -0.05) is 42.6 Å². The molecule has 0 aliphatic rings. The standard InChI is InChI=1S/C17H19Cl2N5O5S/c1-2-3-7-29-16(28)12(15(26)27)13(20)11(25)8-24-22-17(21-23-24)30-14-9(18)5-4-6-10(14)19/h4-6,12-13H,2-3,7-8,20H2,1H3,(H,26,27). The number of ether oxygens (including phenoxy) is 1. The lowest BCUT2D eigenvalue weighted by atomic mass is 9.97. The molecule has 30 heavy (non-hydrogen) atoms. The third-order valence-corrected chi connectivity index (χ3v) is 5.68. The summed E-state index contributed by atoms with van der Waals surface area (Å²) >= 11 is 13.2. The molecule has 1 aromatic heterocycles. The van der Waals surface area contributed by atoms with Crippen molar-refractivity contribution in [2.75, 3.05) is 6.61 Å². The van der Waals surface area contributed by atoms with Crippen LogP contribution in [0.2, 0.25) is 10.0 Å². The van der Waals surface area contributed by atoms with Crippen molar-refractivity contribution in [2.24, 2.45) is 11.7 Å². The zero-order valence-electron chi connectivity index (χ0n) is 15.8. The van der Waals surface area contributed by atoms with E-state index in [1.54, 1.807) is 18.2 Å². The Morgan fingerprint density at radius 3 is 2.57 bits per heavy atom. The van der Waals surface area contributed by atoms with E-state index in [0.29, 0.717) is 21.4 Å². The highest BCUT2D eigenvalue weighted by Crippen LogP contribution is 2.36. The summed E-state index contributed by atoms with van der Waals surface area (Å²) in [5, 5.41) is 21.8. The maximum absolute atomic E-state index is 12.4. The van der Waals surface area contributed by atoms with E-state index < -0.39 is 36.2 Å². The number of aromatic nitrogens is 4. The Morgan fingerprint density at radius 2 is 1.97 bits per heavy atom. The second-order valence-corrected chi connectivity index (χ2v) is 7.88. The summed E-state index contributed by atoms with van der Waals surface area (Å²) in [5.41, 5.74) is 5.72. The number of halogens is 2. The van der Waals surface area contributed by atoms with Crippen LogP contribution in [0.4, 0.5) is 0 Å². The molecule has 0 aliphatic heterocycles. The maximum atomic E-state index is 12.4. The lowest BCUT2D eigenvalue weighted by molar-refractivity contribution is -0.161. The smallest absolute Gasteiger partial charge is 0.322 e. The van der Waals surface area contributed by atoms with E-state index in [-0.39, 0.29) is 11.8 Å². The Balaban J connectivity index is 2.04. The average Bonchev–Trinajstić information content (AvgIpc) is 3.11. The number of aliphatic carboxylic acids is 1. The molecule has 2 atom stereocenters. The first-order chi connectivity index (χ1) is 14.2. The second-order valence-electron chi connectivity index (χ2n) is 6.08. The third kappa shape index (κ3) is 6.39. The number of ketones is 1. The number of esters is 1. The van der Waals surface area contributed by atoms with Crippen molar-refractivity contribution in [3.63, 3.8) is 0 Å². The Labute approximate surface area is 186 Å². The van der Waals surface area contributed by atoms with Crippen LogP contribution in [0.15, 0.2) is 28.3 Å². The fourth-order valence-electron chi connectivity index (χ4n) is 2.25. The van der Waals surface area contributed by atoms with Crippen LogP contribution in [0, 0.1) is 5.92 Å². The maximum Gasteiger partial charge on any atom is 0.322 e. The summed E-state index contributed by atoms with van der Waals surface area (Å²) in [6, 6.07) is 3.35. The first-order valence-corrected chi connectivity index (χ1v) is 10.4. The van der Waals surface area contributed by atoms with E-state index in [9.17, 15) is 19.5 Å². The van der Waals surface area contributed by atoms with Gasteiger partial charge < -0.3 is 15.6 Å². The van der Waals surface area contributed by atoms with Crippen molar-refractivity contribution in [3.05, 3.63) is 28.2 Å². The summed E-state index contributed by atoms with van der Waals surface area (Å²) in [5.74, 6) is -5.20. The predicted octanol–water partition coefficient (Wildman–Crippen LogP) is 2.07. The van der Waals surface area contributed by atoms with Crippen LogP contribution in [-0.2, 0) is 25.7 Å². The number of nitrogens with zero attached hydrogens (tertiary/aromatic N) is 4. The average molecular weight is 476 g/mol. The molecule has 0 saturated heterocycles. The van der Waals surface area contributed by atoms with Crippen molar-refractivity contribution in [1.29, 1.82) is 0 Å². The molecule has 0 radical (unpaired) electrons. The lowest BCUT2D eigenvalue weighted by Gasteiger charge is -2.17. The van der Waals surface area contributed by atoms with Gasteiger partial charge in [-0.2, -0.15) is 4.80 Å². The molecule has 2 aromatic rings. The number of tetrazole rings is 1. The van der Waals surface area contributed by atoms with Gasteiger partial charge in [-0.05, 0) is 35.5 Å². The van der Waals surface area contributed by atoms with Crippen LogP contribution >= 0.6 is 35.0 Å². The molecule has 3 N–H and O–H groups in total. The molecule has 2 unspecified atom stereocenters. The number of benzene rings is 1. The Morgan fingerprint density at radius 1 is 1.30 bits per heavy atom. The number of nitrogens with two attached hydrogens (primary N) is 1. The molecule has 0 bridgehead atoms. The first-order valence-electron chi connectivity index (χ1n) is 8.82. The highest BCUT2D eigenvalue weighted by molar-refractivity contribution is 7.99. The number of unbranched alkanes of at least 4 members (excludes halogenated alkanes) is 1.